The first kappa shape index (κ1) is 22.3. The van der Waals surface area contributed by atoms with Gasteiger partial charge in [0.25, 0.3) is 0 Å². The molecule has 0 aromatic heterocycles. The lowest BCUT2D eigenvalue weighted by Gasteiger charge is -2.10. The molecule has 3 rings (SSSR count). The van der Waals surface area contributed by atoms with Gasteiger partial charge in [-0.1, -0.05) is 59.6 Å². The molecule has 0 heterocycles. The summed E-state index contributed by atoms with van der Waals surface area (Å²) in [6.07, 6.45) is 1.40. The number of benzene rings is 3. The predicted octanol–water partition coefficient (Wildman–Crippen LogP) is 4.97. The van der Waals surface area contributed by atoms with Gasteiger partial charge in [0, 0.05) is 26.9 Å². The molecule has 0 aliphatic carbocycles. The van der Waals surface area contributed by atoms with Gasteiger partial charge in [-0.3, -0.25) is 9.59 Å². The predicted molar refractivity (Wildman–Crippen MR) is 123 cm³/mol. The number of hydrogen-bond donors (Lipinski definition) is 2. The Morgan fingerprint density at radius 3 is 2.48 bits per heavy atom. The van der Waals surface area contributed by atoms with Crippen LogP contribution in [0.5, 0.6) is 5.75 Å². The van der Waals surface area contributed by atoms with Crippen molar-refractivity contribution in [3.63, 3.8) is 0 Å². The molecule has 31 heavy (non-hydrogen) atoms. The first-order chi connectivity index (χ1) is 14.9. The van der Waals surface area contributed by atoms with E-state index in [4.69, 9.17) is 27.9 Å². The molecule has 3 aromatic rings. The summed E-state index contributed by atoms with van der Waals surface area (Å²) >= 11 is 12.2. The summed E-state index contributed by atoms with van der Waals surface area (Å²) < 4.78 is 5.83. The summed E-state index contributed by atoms with van der Waals surface area (Å²) in [6.45, 7) is 2.11. The number of amides is 2. The summed E-state index contributed by atoms with van der Waals surface area (Å²) in [4.78, 5) is 24.0. The van der Waals surface area contributed by atoms with Crippen molar-refractivity contribution in [3.8, 4) is 5.75 Å². The second kappa shape index (κ2) is 10.6. The van der Waals surface area contributed by atoms with Crippen LogP contribution < -0.4 is 15.5 Å². The third-order valence-electron chi connectivity index (χ3n) is 4.27. The Hall–Kier alpha value is -3.35. The number of halogens is 2. The Balaban J connectivity index is 1.59. The van der Waals surface area contributed by atoms with E-state index in [0.29, 0.717) is 27.0 Å². The fraction of sp³-hybridized carbons (Fsp3) is 0.0870. The second-order valence-corrected chi connectivity index (χ2v) is 7.35. The summed E-state index contributed by atoms with van der Waals surface area (Å²) in [7, 11) is 0. The number of para-hydroxylation sites is 1. The van der Waals surface area contributed by atoms with Crippen LogP contribution in [0.1, 0.15) is 16.7 Å². The summed E-state index contributed by atoms with van der Waals surface area (Å²) in [6, 6.07) is 19.5. The highest BCUT2D eigenvalue weighted by molar-refractivity contribution is 6.40. The van der Waals surface area contributed by atoms with Crippen molar-refractivity contribution in [2.24, 2.45) is 5.10 Å². The largest absolute Gasteiger partial charge is 0.488 e. The fourth-order valence-corrected chi connectivity index (χ4v) is 2.93. The summed E-state index contributed by atoms with van der Waals surface area (Å²) in [5.74, 6) is -1.22. The van der Waals surface area contributed by atoms with Crippen molar-refractivity contribution >= 4 is 46.9 Å². The van der Waals surface area contributed by atoms with E-state index in [-0.39, 0.29) is 6.61 Å². The van der Waals surface area contributed by atoms with Gasteiger partial charge in [0.05, 0.1) is 6.21 Å². The standard InChI is InChI=1S/C23H19Cl2N3O3/c1-15-10-11-18(12-20(15)25)27-22(29)23(30)28-26-13-16-6-3-5-9-21(16)31-14-17-7-2-4-8-19(17)24/h2-13H,14H2,1H3,(H,27,29)(H,28,30)/b26-13-. The SMILES string of the molecule is Cc1ccc(NC(=O)C(=O)N/N=C\c2ccccc2OCc2ccccc2Cl)cc1Cl. The van der Waals surface area contributed by atoms with E-state index in [0.717, 1.165) is 11.1 Å². The Morgan fingerprint density at radius 2 is 1.71 bits per heavy atom. The zero-order valence-corrected chi connectivity index (χ0v) is 18.1. The third-order valence-corrected chi connectivity index (χ3v) is 5.04. The number of nitrogens with one attached hydrogen (secondary N) is 2. The van der Waals surface area contributed by atoms with E-state index in [2.05, 4.69) is 15.8 Å². The van der Waals surface area contributed by atoms with Gasteiger partial charge < -0.3 is 10.1 Å². The maximum absolute atomic E-state index is 12.0. The van der Waals surface area contributed by atoms with Gasteiger partial charge in [-0.2, -0.15) is 5.10 Å². The lowest BCUT2D eigenvalue weighted by atomic mass is 10.2. The Morgan fingerprint density at radius 1 is 0.968 bits per heavy atom. The number of hydrazone groups is 1. The zero-order valence-electron chi connectivity index (χ0n) is 16.6. The van der Waals surface area contributed by atoms with Gasteiger partial charge in [-0.05, 0) is 42.8 Å². The normalized spacial score (nSPS) is 10.7. The average molecular weight is 456 g/mol. The van der Waals surface area contributed by atoms with Crippen molar-refractivity contribution in [2.45, 2.75) is 13.5 Å². The van der Waals surface area contributed by atoms with Gasteiger partial charge in [-0.25, -0.2) is 5.43 Å². The van der Waals surface area contributed by atoms with Crippen molar-refractivity contribution in [2.75, 3.05) is 5.32 Å². The molecule has 0 saturated heterocycles. The van der Waals surface area contributed by atoms with E-state index in [1.54, 1.807) is 42.5 Å². The van der Waals surface area contributed by atoms with Crippen molar-refractivity contribution in [1.29, 1.82) is 0 Å². The molecule has 0 bridgehead atoms. The first-order valence-electron chi connectivity index (χ1n) is 9.30. The van der Waals surface area contributed by atoms with Gasteiger partial charge >= 0.3 is 11.8 Å². The molecule has 2 N–H and O–H groups in total. The van der Waals surface area contributed by atoms with Gasteiger partial charge in [0.1, 0.15) is 12.4 Å². The number of nitrogens with zero attached hydrogens (tertiary/aromatic N) is 1. The average Bonchev–Trinajstić information content (AvgIpc) is 2.76. The zero-order chi connectivity index (χ0) is 22.2. The number of aryl methyl sites for hydroxylation is 1. The molecule has 0 fully saturated rings. The topological polar surface area (TPSA) is 79.8 Å². The van der Waals surface area contributed by atoms with Crippen LogP contribution >= 0.6 is 23.2 Å². The minimum atomic E-state index is -0.914. The molecule has 0 aliphatic heterocycles. The number of rotatable bonds is 6. The maximum atomic E-state index is 12.0. The number of carbonyl (C=O) groups excluding carboxylic acids is 2. The van der Waals surface area contributed by atoms with Gasteiger partial charge in [0.15, 0.2) is 0 Å². The van der Waals surface area contributed by atoms with Crippen molar-refractivity contribution < 1.29 is 14.3 Å². The fourth-order valence-electron chi connectivity index (χ4n) is 2.56. The van der Waals surface area contributed by atoms with Gasteiger partial charge in [0.2, 0.25) is 0 Å². The van der Waals surface area contributed by atoms with Crippen LogP contribution in [0.2, 0.25) is 10.0 Å². The first-order valence-corrected chi connectivity index (χ1v) is 10.1. The molecule has 0 radical (unpaired) electrons. The highest BCUT2D eigenvalue weighted by atomic mass is 35.5. The van der Waals surface area contributed by atoms with Crippen molar-refractivity contribution in [1.82, 2.24) is 5.43 Å². The lowest BCUT2D eigenvalue weighted by molar-refractivity contribution is -0.136. The Kier molecular flexibility index (Phi) is 7.65. The monoisotopic (exact) mass is 455 g/mol. The minimum absolute atomic E-state index is 0.276. The van der Waals surface area contributed by atoms with E-state index < -0.39 is 11.8 Å². The molecule has 0 unspecified atom stereocenters. The molecular weight excluding hydrogens is 437 g/mol. The smallest absolute Gasteiger partial charge is 0.329 e. The second-order valence-electron chi connectivity index (χ2n) is 6.54. The highest BCUT2D eigenvalue weighted by Crippen LogP contribution is 2.21. The number of anilines is 1. The molecule has 3 aromatic carbocycles. The van der Waals surface area contributed by atoms with Crippen LogP contribution in [0.15, 0.2) is 71.8 Å². The molecule has 8 heteroatoms. The van der Waals surface area contributed by atoms with Crippen LogP contribution in [0.3, 0.4) is 0 Å². The Bertz CT molecular complexity index is 1130. The molecule has 158 valence electrons. The molecule has 0 spiro atoms. The van der Waals surface area contributed by atoms with E-state index in [1.807, 2.05) is 31.2 Å². The van der Waals surface area contributed by atoms with E-state index in [1.165, 1.54) is 6.21 Å². The van der Waals surface area contributed by atoms with Crippen LogP contribution in [0.4, 0.5) is 5.69 Å². The molecule has 2 amide bonds. The van der Waals surface area contributed by atoms with E-state index in [9.17, 15) is 9.59 Å². The maximum Gasteiger partial charge on any atom is 0.329 e. The molecular formula is C23H19Cl2N3O3. The molecule has 0 saturated carbocycles. The molecule has 0 aliphatic rings. The van der Waals surface area contributed by atoms with Gasteiger partial charge in [-0.15, -0.1) is 0 Å². The molecule has 0 atom stereocenters. The van der Waals surface area contributed by atoms with Crippen LogP contribution in [-0.2, 0) is 16.2 Å². The van der Waals surface area contributed by atoms with Crippen LogP contribution in [0.25, 0.3) is 0 Å². The third kappa shape index (κ3) is 6.31. The highest BCUT2D eigenvalue weighted by Gasteiger charge is 2.13. The number of ether oxygens (including phenoxy) is 1. The summed E-state index contributed by atoms with van der Waals surface area (Å²) in [5, 5.41) is 7.42. The van der Waals surface area contributed by atoms with E-state index >= 15 is 0 Å². The quantitative estimate of drug-likeness (QED) is 0.312. The van der Waals surface area contributed by atoms with Crippen molar-refractivity contribution in [3.05, 3.63) is 93.5 Å². The number of hydrogen-bond acceptors (Lipinski definition) is 4. The molecule has 6 nitrogen and oxygen atoms in total. The number of carbonyl (C=O) groups is 2. The van der Waals surface area contributed by atoms with Crippen LogP contribution in [-0.4, -0.2) is 18.0 Å². The summed E-state index contributed by atoms with van der Waals surface area (Å²) in [5.41, 5.74) is 4.95. The van der Waals surface area contributed by atoms with Crippen LogP contribution in [0, 0.1) is 6.92 Å². The minimum Gasteiger partial charge on any atom is -0.488 e. The lowest BCUT2D eigenvalue weighted by Crippen LogP contribution is -2.32. The Labute approximate surface area is 189 Å².